The zero-order valence-electron chi connectivity index (χ0n) is 19.2. The van der Waals surface area contributed by atoms with Gasteiger partial charge in [-0.05, 0) is 45.4 Å². The van der Waals surface area contributed by atoms with E-state index in [9.17, 15) is 4.79 Å². The van der Waals surface area contributed by atoms with Crippen molar-refractivity contribution >= 4 is 29.0 Å². The molecule has 0 saturated carbocycles. The molecule has 2 rings (SSSR count). The molecule has 0 aliphatic rings. The van der Waals surface area contributed by atoms with Crippen LogP contribution in [0.15, 0.2) is 34.6 Å². The van der Waals surface area contributed by atoms with E-state index in [2.05, 4.69) is 31.2 Å². The first-order valence-electron chi connectivity index (χ1n) is 10.4. The standard InChI is InChI=1S/C22H34N6O2S/c1-7-23-21(28(5)13-19-14-31-20(26-19)16(4)30-6)24-12-17-8-10-18(11-9-17)27-22(29)25-15(2)3/h8-11,14-16H,7,12-13H2,1-6H3,(H,23,24)(H2,25,27,29). The molecule has 170 valence electrons. The number of thiazole rings is 1. The van der Waals surface area contributed by atoms with E-state index >= 15 is 0 Å². The van der Waals surface area contributed by atoms with Crippen molar-refractivity contribution in [3.8, 4) is 0 Å². The SMILES string of the molecule is CCNC(=NCc1ccc(NC(=O)NC(C)C)cc1)N(C)Cc1csc(C(C)OC)n1. The van der Waals surface area contributed by atoms with Gasteiger partial charge >= 0.3 is 6.03 Å². The first-order chi connectivity index (χ1) is 14.8. The first-order valence-corrected chi connectivity index (χ1v) is 11.3. The van der Waals surface area contributed by atoms with Gasteiger partial charge in [-0.1, -0.05) is 12.1 Å². The van der Waals surface area contributed by atoms with Crippen molar-refractivity contribution < 1.29 is 9.53 Å². The van der Waals surface area contributed by atoms with Crippen LogP contribution in [0.1, 0.15) is 50.1 Å². The van der Waals surface area contributed by atoms with E-state index in [1.54, 1.807) is 18.4 Å². The maximum atomic E-state index is 11.8. The lowest BCUT2D eigenvalue weighted by Gasteiger charge is -2.21. The van der Waals surface area contributed by atoms with Crippen molar-refractivity contribution in [2.75, 3.05) is 26.0 Å². The summed E-state index contributed by atoms with van der Waals surface area (Å²) >= 11 is 1.61. The van der Waals surface area contributed by atoms with Gasteiger partial charge in [-0.25, -0.2) is 14.8 Å². The lowest BCUT2D eigenvalue weighted by Crippen LogP contribution is -2.38. The molecule has 1 aromatic carbocycles. The van der Waals surface area contributed by atoms with Gasteiger partial charge in [0.15, 0.2) is 5.96 Å². The second-order valence-electron chi connectivity index (χ2n) is 7.53. The Morgan fingerprint density at radius 3 is 2.58 bits per heavy atom. The average Bonchev–Trinajstić information content (AvgIpc) is 3.19. The molecule has 1 heterocycles. The predicted molar refractivity (Wildman–Crippen MR) is 128 cm³/mol. The summed E-state index contributed by atoms with van der Waals surface area (Å²) in [6.45, 7) is 9.86. The Bertz CT molecular complexity index is 850. The number of carbonyl (C=O) groups is 1. The number of carbonyl (C=O) groups excluding carboxylic acids is 1. The van der Waals surface area contributed by atoms with Gasteiger partial charge in [0.05, 0.1) is 18.8 Å². The molecule has 2 aromatic rings. The van der Waals surface area contributed by atoms with Crippen molar-refractivity contribution in [1.29, 1.82) is 0 Å². The van der Waals surface area contributed by atoms with Crippen LogP contribution in [0.4, 0.5) is 10.5 Å². The molecular weight excluding hydrogens is 412 g/mol. The number of ether oxygens (including phenoxy) is 1. The Morgan fingerprint density at radius 2 is 1.97 bits per heavy atom. The fourth-order valence-electron chi connectivity index (χ4n) is 2.76. The van der Waals surface area contributed by atoms with Crippen LogP contribution in [0.5, 0.6) is 0 Å². The number of aromatic nitrogens is 1. The van der Waals surface area contributed by atoms with Gasteiger partial charge in [-0.15, -0.1) is 11.3 Å². The third-order valence-electron chi connectivity index (χ3n) is 4.41. The monoisotopic (exact) mass is 446 g/mol. The lowest BCUT2D eigenvalue weighted by atomic mass is 10.2. The van der Waals surface area contributed by atoms with E-state index in [4.69, 9.17) is 9.73 Å². The molecule has 0 bridgehead atoms. The summed E-state index contributed by atoms with van der Waals surface area (Å²) in [4.78, 5) is 23.3. The van der Waals surface area contributed by atoms with Crippen LogP contribution in [0.2, 0.25) is 0 Å². The minimum absolute atomic E-state index is 0.000120. The second-order valence-corrected chi connectivity index (χ2v) is 8.42. The van der Waals surface area contributed by atoms with Crippen molar-refractivity contribution in [3.05, 3.63) is 45.9 Å². The summed E-state index contributed by atoms with van der Waals surface area (Å²) in [7, 11) is 3.69. The number of aliphatic imine (C=N–C) groups is 1. The highest BCUT2D eigenvalue weighted by atomic mass is 32.1. The molecule has 0 aliphatic carbocycles. The van der Waals surface area contributed by atoms with Gasteiger partial charge < -0.3 is 25.6 Å². The Morgan fingerprint density at radius 1 is 1.26 bits per heavy atom. The summed E-state index contributed by atoms with van der Waals surface area (Å²) in [6, 6.07) is 7.59. The molecule has 0 spiro atoms. The van der Waals surface area contributed by atoms with Crippen molar-refractivity contribution in [3.63, 3.8) is 0 Å². The molecule has 31 heavy (non-hydrogen) atoms. The number of urea groups is 1. The maximum Gasteiger partial charge on any atom is 0.319 e. The number of nitrogens with zero attached hydrogens (tertiary/aromatic N) is 3. The van der Waals surface area contributed by atoms with Gasteiger partial charge in [0.25, 0.3) is 0 Å². The average molecular weight is 447 g/mol. The normalized spacial score (nSPS) is 12.5. The Balaban J connectivity index is 1.98. The molecule has 2 amide bonds. The predicted octanol–water partition coefficient (Wildman–Crippen LogP) is 3.98. The first kappa shape index (κ1) is 24.6. The molecule has 1 aromatic heterocycles. The van der Waals surface area contributed by atoms with Gasteiger partial charge in [0, 0.05) is 37.8 Å². The van der Waals surface area contributed by atoms with Crippen LogP contribution < -0.4 is 16.0 Å². The zero-order chi connectivity index (χ0) is 22.8. The zero-order valence-corrected chi connectivity index (χ0v) is 20.0. The summed E-state index contributed by atoms with van der Waals surface area (Å²) < 4.78 is 5.35. The molecule has 0 aliphatic heterocycles. The Labute approximate surface area is 189 Å². The van der Waals surface area contributed by atoms with E-state index in [0.717, 1.165) is 34.5 Å². The van der Waals surface area contributed by atoms with Crippen LogP contribution >= 0.6 is 11.3 Å². The van der Waals surface area contributed by atoms with Crippen LogP contribution in [0, 0.1) is 0 Å². The van der Waals surface area contributed by atoms with Gasteiger partial charge in [0.1, 0.15) is 11.1 Å². The number of benzene rings is 1. The topological polar surface area (TPSA) is 90.9 Å². The Kier molecular flexibility index (Phi) is 9.74. The number of hydrogen-bond donors (Lipinski definition) is 3. The lowest BCUT2D eigenvalue weighted by molar-refractivity contribution is 0.119. The molecule has 0 fully saturated rings. The molecular formula is C22H34N6O2S. The highest BCUT2D eigenvalue weighted by molar-refractivity contribution is 7.09. The van der Waals surface area contributed by atoms with E-state index in [0.29, 0.717) is 13.1 Å². The molecule has 8 nitrogen and oxygen atoms in total. The summed E-state index contributed by atoms with van der Waals surface area (Å²) in [5, 5.41) is 12.0. The minimum Gasteiger partial charge on any atom is -0.375 e. The van der Waals surface area contributed by atoms with E-state index in [1.165, 1.54) is 0 Å². The van der Waals surface area contributed by atoms with Gasteiger partial charge in [-0.2, -0.15) is 0 Å². The summed E-state index contributed by atoms with van der Waals surface area (Å²) in [5.74, 6) is 0.815. The highest BCUT2D eigenvalue weighted by Gasteiger charge is 2.12. The fraction of sp³-hybridized carbons (Fsp3) is 0.500. The number of anilines is 1. The van der Waals surface area contributed by atoms with Gasteiger partial charge in [0.2, 0.25) is 0 Å². The van der Waals surface area contributed by atoms with Crippen LogP contribution in [-0.4, -0.2) is 48.6 Å². The third kappa shape index (κ3) is 8.18. The number of methoxy groups -OCH3 is 1. The second kappa shape index (κ2) is 12.3. The van der Waals surface area contributed by atoms with E-state index in [1.807, 2.05) is 59.0 Å². The molecule has 9 heteroatoms. The van der Waals surface area contributed by atoms with Crippen molar-refractivity contribution in [1.82, 2.24) is 20.5 Å². The summed E-state index contributed by atoms with van der Waals surface area (Å²) in [6.07, 6.45) is -0.000120. The Hall–Kier alpha value is -2.65. The number of amides is 2. The quantitative estimate of drug-likeness (QED) is 0.400. The number of rotatable bonds is 9. The van der Waals surface area contributed by atoms with Crippen molar-refractivity contribution in [2.45, 2.75) is 52.9 Å². The maximum absolute atomic E-state index is 11.8. The molecule has 1 atom stereocenters. The summed E-state index contributed by atoms with van der Waals surface area (Å²) in [5.41, 5.74) is 2.80. The highest BCUT2D eigenvalue weighted by Crippen LogP contribution is 2.21. The molecule has 1 unspecified atom stereocenters. The van der Waals surface area contributed by atoms with Crippen LogP contribution in [-0.2, 0) is 17.8 Å². The minimum atomic E-state index is -0.207. The molecule has 3 N–H and O–H groups in total. The smallest absolute Gasteiger partial charge is 0.319 e. The van der Waals surface area contributed by atoms with E-state index in [-0.39, 0.29) is 18.2 Å². The van der Waals surface area contributed by atoms with Crippen molar-refractivity contribution in [2.24, 2.45) is 4.99 Å². The number of guanidine groups is 1. The van der Waals surface area contributed by atoms with Crippen LogP contribution in [0.3, 0.4) is 0 Å². The number of hydrogen-bond acceptors (Lipinski definition) is 5. The van der Waals surface area contributed by atoms with Crippen LogP contribution in [0.25, 0.3) is 0 Å². The largest absolute Gasteiger partial charge is 0.375 e. The molecule has 0 radical (unpaired) electrons. The number of nitrogens with one attached hydrogen (secondary N) is 3. The molecule has 0 saturated heterocycles. The van der Waals surface area contributed by atoms with E-state index < -0.39 is 0 Å². The fourth-order valence-corrected chi connectivity index (χ4v) is 3.60. The van der Waals surface area contributed by atoms with Gasteiger partial charge in [-0.3, -0.25) is 0 Å². The third-order valence-corrected chi connectivity index (χ3v) is 5.46.